The highest BCUT2D eigenvalue weighted by Crippen LogP contribution is 2.31. The zero-order chi connectivity index (χ0) is 20.4. The summed E-state index contributed by atoms with van der Waals surface area (Å²) in [7, 11) is -6.45. The van der Waals surface area contributed by atoms with Gasteiger partial charge in [-0.15, -0.1) is 0 Å². The minimum absolute atomic E-state index is 0.00934. The first-order valence-electron chi connectivity index (χ1n) is 8.70. The fourth-order valence-electron chi connectivity index (χ4n) is 3.00. The summed E-state index contributed by atoms with van der Waals surface area (Å²) in [5.41, 5.74) is -0.00934. The van der Waals surface area contributed by atoms with Gasteiger partial charge in [-0.3, -0.25) is 4.72 Å². The largest absolute Gasteiger partial charge is 0.495 e. The van der Waals surface area contributed by atoms with Gasteiger partial charge in [0.2, 0.25) is 10.0 Å². The number of hydrogen-bond donors (Lipinski definition) is 1. The molecule has 7 nitrogen and oxygen atoms in total. The SMILES string of the molecule is COc1ccc(S(=O)(=O)N2CCCCC2)cc1NS(=O)(=O)c1ccc(F)cc1. The van der Waals surface area contributed by atoms with Gasteiger partial charge in [0.25, 0.3) is 10.0 Å². The van der Waals surface area contributed by atoms with Gasteiger partial charge in [0.05, 0.1) is 22.6 Å². The van der Waals surface area contributed by atoms with Crippen LogP contribution in [-0.4, -0.2) is 41.3 Å². The minimum atomic E-state index is -4.05. The van der Waals surface area contributed by atoms with Gasteiger partial charge in [-0.1, -0.05) is 6.42 Å². The van der Waals surface area contributed by atoms with E-state index in [-0.39, 0.29) is 21.2 Å². The van der Waals surface area contributed by atoms with Crippen molar-refractivity contribution in [3.05, 3.63) is 48.3 Å². The lowest BCUT2D eigenvalue weighted by molar-refractivity contribution is 0.346. The van der Waals surface area contributed by atoms with Crippen molar-refractivity contribution in [1.29, 1.82) is 0 Å². The maximum atomic E-state index is 13.1. The average Bonchev–Trinajstić information content (AvgIpc) is 2.68. The third kappa shape index (κ3) is 4.29. The number of methoxy groups -OCH3 is 1. The van der Waals surface area contributed by atoms with Crippen LogP contribution in [0.1, 0.15) is 19.3 Å². The predicted octanol–water partition coefficient (Wildman–Crippen LogP) is 2.81. The minimum Gasteiger partial charge on any atom is -0.495 e. The maximum absolute atomic E-state index is 13.1. The number of piperidine rings is 1. The molecule has 3 rings (SSSR count). The first kappa shape index (κ1) is 20.6. The van der Waals surface area contributed by atoms with Crippen molar-refractivity contribution in [1.82, 2.24) is 4.31 Å². The zero-order valence-corrected chi connectivity index (χ0v) is 16.9. The third-order valence-corrected chi connectivity index (χ3v) is 7.77. The molecule has 0 spiro atoms. The van der Waals surface area contributed by atoms with Crippen LogP contribution in [0.25, 0.3) is 0 Å². The molecule has 1 heterocycles. The Morgan fingerprint density at radius 1 is 0.929 bits per heavy atom. The van der Waals surface area contributed by atoms with Gasteiger partial charge in [-0.05, 0) is 55.3 Å². The van der Waals surface area contributed by atoms with E-state index in [0.29, 0.717) is 13.1 Å². The summed E-state index contributed by atoms with van der Waals surface area (Å²) in [5.74, 6) is -0.394. The quantitative estimate of drug-likeness (QED) is 0.764. The van der Waals surface area contributed by atoms with Crippen molar-refractivity contribution in [2.45, 2.75) is 29.1 Å². The molecule has 10 heteroatoms. The van der Waals surface area contributed by atoms with E-state index in [0.717, 1.165) is 43.5 Å². The van der Waals surface area contributed by atoms with E-state index < -0.39 is 25.9 Å². The number of hydrogen-bond acceptors (Lipinski definition) is 5. The Kier molecular flexibility index (Phi) is 5.92. The van der Waals surface area contributed by atoms with Gasteiger partial charge in [-0.25, -0.2) is 21.2 Å². The molecule has 2 aromatic rings. The van der Waals surface area contributed by atoms with Crippen LogP contribution < -0.4 is 9.46 Å². The van der Waals surface area contributed by atoms with Gasteiger partial charge in [0.15, 0.2) is 0 Å². The smallest absolute Gasteiger partial charge is 0.262 e. The van der Waals surface area contributed by atoms with Crippen molar-refractivity contribution in [3.63, 3.8) is 0 Å². The average molecular weight is 429 g/mol. The van der Waals surface area contributed by atoms with E-state index in [4.69, 9.17) is 4.74 Å². The number of anilines is 1. The number of rotatable bonds is 6. The first-order chi connectivity index (χ1) is 13.2. The number of sulfonamides is 2. The Morgan fingerprint density at radius 3 is 2.14 bits per heavy atom. The highest BCUT2D eigenvalue weighted by Gasteiger charge is 2.27. The van der Waals surface area contributed by atoms with Crippen LogP contribution in [0.3, 0.4) is 0 Å². The molecule has 1 aliphatic rings. The van der Waals surface area contributed by atoms with Crippen molar-refractivity contribution < 1.29 is 26.0 Å². The summed E-state index contributed by atoms with van der Waals surface area (Å²) >= 11 is 0. The molecule has 0 bridgehead atoms. The highest BCUT2D eigenvalue weighted by molar-refractivity contribution is 7.92. The lowest BCUT2D eigenvalue weighted by atomic mass is 10.2. The molecular weight excluding hydrogens is 407 g/mol. The lowest BCUT2D eigenvalue weighted by Gasteiger charge is -2.26. The summed E-state index contributed by atoms with van der Waals surface area (Å²) in [5, 5.41) is 0. The predicted molar refractivity (Wildman–Crippen MR) is 103 cm³/mol. The summed E-state index contributed by atoms with van der Waals surface area (Å²) in [6.07, 6.45) is 2.57. The number of halogens is 1. The molecule has 28 heavy (non-hydrogen) atoms. The Balaban J connectivity index is 1.96. The summed E-state index contributed by atoms with van der Waals surface area (Å²) in [6.45, 7) is 0.871. The number of nitrogens with zero attached hydrogens (tertiary/aromatic N) is 1. The number of nitrogens with one attached hydrogen (secondary N) is 1. The van der Waals surface area contributed by atoms with Gasteiger partial charge in [0, 0.05) is 13.1 Å². The highest BCUT2D eigenvalue weighted by atomic mass is 32.2. The zero-order valence-electron chi connectivity index (χ0n) is 15.3. The topological polar surface area (TPSA) is 92.8 Å². The summed E-state index contributed by atoms with van der Waals surface area (Å²) in [6, 6.07) is 8.34. The van der Waals surface area contributed by atoms with Gasteiger partial charge < -0.3 is 4.74 Å². The third-order valence-electron chi connectivity index (χ3n) is 4.49. The van der Waals surface area contributed by atoms with Crippen LogP contribution in [-0.2, 0) is 20.0 Å². The van der Waals surface area contributed by atoms with Crippen molar-refractivity contribution in [3.8, 4) is 5.75 Å². The second-order valence-electron chi connectivity index (χ2n) is 6.39. The van der Waals surface area contributed by atoms with Crippen LogP contribution in [0.4, 0.5) is 10.1 Å². The number of benzene rings is 2. The molecule has 0 saturated carbocycles. The molecule has 0 amide bonds. The summed E-state index contributed by atoms with van der Waals surface area (Å²) < 4.78 is 72.9. The molecule has 1 saturated heterocycles. The van der Waals surface area contributed by atoms with E-state index in [9.17, 15) is 21.2 Å². The molecule has 0 aromatic heterocycles. The molecule has 2 aromatic carbocycles. The normalized spacial score (nSPS) is 15.9. The van der Waals surface area contributed by atoms with Crippen molar-refractivity contribution >= 4 is 25.7 Å². The molecule has 1 aliphatic heterocycles. The molecule has 0 aliphatic carbocycles. The summed E-state index contributed by atoms with van der Waals surface area (Å²) in [4.78, 5) is -0.174. The van der Waals surface area contributed by atoms with Crippen LogP contribution >= 0.6 is 0 Å². The van der Waals surface area contributed by atoms with Crippen LogP contribution in [0.2, 0.25) is 0 Å². The van der Waals surface area contributed by atoms with E-state index in [1.54, 1.807) is 0 Å². The Hall–Kier alpha value is -2.17. The molecule has 1 fully saturated rings. The lowest BCUT2D eigenvalue weighted by Crippen LogP contribution is -2.35. The Labute approximate surface area is 164 Å². The molecule has 1 N–H and O–H groups in total. The second-order valence-corrected chi connectivity index (χ2v) is 10.0. The monoisotopic (exact) mass is 428 g/mol. The Bertz CT molecular complexity index is 1050. The van der Waals surface area contributed by atoms with Crippen LogP contribution in [0.15, 0.2) is 52.3 Å². The molecule has 152 valence electrons. The fourth-order valence-corrected chi connectivity index (χ4v) is 5.60. The maximum Gasteiger partial charge on any atom is 0.262 e. The van der Waals surface area contributed by atoms with Gasteiger partial charge in [0.1, 0.15) is 11.6 Å². The van der Waals surface area contributed by atoms with E-state index in [1.165, 1.54) is 29.6 Å². The van der Waals surface area contributed by atoms with E-state index in [1.807, 2.05) is 0 Å². The van der Waals surface area contributed by atoms with Crippen LogP contribution in [0.5, 0.6) is 5.75 Å². The van der Waals surface area contributed by atoms with Gasteiger partial charge >= 0.3 is 0 Å². The molecular formula is C18H21FN2O5S2. The standard InChI is InChI=1S/C18H21FN2O5S2/c1-26-18-10-9-16(28(24,25)21-11-3-2-4-12-21)13-17(18)20-27(22,23)15-7-5-14(19)6-8-15/h5-10,13,20H,2-4,11-12H2,1H3. The van der Waals surface area contributed by atoms with Crippen molar-refractivity contribution in [2.75, 3.05) is 24.9 Å². The molecule has 0 atom stereocenters. The number of ether oxygens (including phenoxy) is 1. The second kappa shape index (κ2) is 8.06. The molecule has 0 unspecified atom stereocenters. The van der Waals surface area contributed by atoms with E-state index >= 15 is 0 Å². The fraction of sp³-hybridized carbons (Fsp3) is 0.333. The first-order valence-corrected chi connectivity index (χ1v) is 11.6. The van der Waals surface area contributed by atoms with E-state index in [2.05, 4.69) is 4.72 Å². The Morgan fingerprint density at radius 2 is 1.54 bits per heavy atom. The van der Waals surface area contributed by atoms with Gasteiger partial charge in [-0.2, -0.15) is 4.31 Å². The molecule has 0 radical (unpaired) electrons. The van der Waals surface area contributed by atoms with Crippen LogP contribution in [0, 0.1) is 5.82 Å². The van der Waals surface area contributed by atoms with Crippen molar-refractivity contribution in [2.24, 2.45) is 0 Å².